The number of anilines is 1. The summed E-state index contributed by atoms with van der Waals surface area (Å²) < 4.78 is 26.9. The number of halogens is 2. The van der Waals surface area contributed by atoms with Gasteiger partial charge in [0.2, 0.25) is 0 Å². The molecule has 0 aliphatic carbocycles. The van der Waals surface area contributed by atoms with E-state index in [4.69, 9.17) is 10.8 Å². The lowest BCUT2D eigenvalue weighted by molar-refractivity contribution is -0.384. The fourth-order valence-electron chi connectivity index (χ4n) is 3.54. The first-order valence-electron chi connectivity index (χ1n) is 8.81. The summed E-state index contributed by atoms with van der Waals surface area (Å²) in [5.41, 5.74) is 1.45. The number of nitro groups is 1. The van der Waals surface area contributed by atoms with E-state index < -0.39 is 17.2 Å². The van der Waals surface area contributed by atoms with Crippen LogP contribution in [0.1, 0.15) is 11.1 Å². The van der Waals surface area contributed by atoms with Crippen LogP contribution in [0.4, 0.5) is 20.3 Å². The molecule has 0 saturated heterocycles. The van der Waals surface area contributed by atoms with Crippen LogP contribution < -0.4 is 10.4 Å². The van der Waals surface area contributed by atoms with Gasteiger partial charge in [-0.2, -0.15) is 4.68 Å². The van der Waals surface area contributed by atoms with E-state index >= 15 is 0 Å². The lowest BCUT2D eigenvalue weighted by Crippen LogP contribution is -2.37. The Kier molecular flexibility index (Phi) is 4.53. The number of hydrogen-bond donors (Lipinski definition) is 2. The minimum atomic E-state index is -3.07. The number of aromatic nitrogens is 2. The molecule has 1 aromatic heterocycles. The van der Waals surface area contributed by atoms with Gasteiger partial charge in [0.25, 0.3) is 12.1 Å². The van der Waals surface area contributed by atoms with E-state index in [0.717, 1.165) is 11.1 Å². The first kappa shape index (κ1) is 18.7. The van der Waals surface area contributed by atoms with Crippen molar-refractivity contribution in [3.8, 4) is 0 Å². The predicted octanol–water partition coefficient (Wildman–Crippen LogP) is 3.08. The van der Waals surface area contributed by atoms with Crippen molar-refractivity contribution in [2.75, 3.05) is 11.4 Å². The molecule has 8 nitrogen and oxygen atoms in total. The van der Waals surface area contributed by atoms with Crippen molar-refractivity contribution in [1.29, 1.82) is 10.8 Å². The van der Waals surface area contributed by atoms with Gasteiger partial charge in [0.15, 0.2) is 17.1 Å². The zero-order valence-corrected chi connectivity index (χ0v) is 15.1. The predicted molar refractivity (Wildman–Crippen MR) is 103 cm³/mol. The van der Waals surface area contributed by atoms with Crippen LogP contribution in [0.5, 0.6) is 0 Å². The molecule has 0 radical (unpaired) electrons. The zero-order chi connectivity index (χ0) is 20.7. The molecule has 0 unspecified atom stereocenters. The lowest BCUT2D eigenvalue weighted by Gasteiger charge is -2.30. The van der Waals surface area contributed by atoms with Crippen molar-refractivity contribution in [3.63, 3.8) is 0 Å². The molecule has 4 rings (SSSR count). The Hall–Kier alpha value is -3.69. The number of nitro benzene ring substituents is 1. The average Bonchev–Trinajstić information content (AvgIpc) is 2.73. The fourth-order valence-corrected chi connectivity index (χ4v) is 3.54. The Morgan fingerprint density at radius 2 is 1.90 bits per heavy atom. The first-order chi connectivity index (χ1) is 13.9. The molecule has 0 fully saturated rings. The summed E-state index contributed by atoms with van der Waals surface area (Å²) >= 11 is 0. The van der Waals surface area contributed by atoms with E-state index in [-0.39, 0.29) is 11.2 Å². The van der Waals surface area contributed by atoms with Crippen molar-refractivity contribution in [2.24, 2.45) is 0 Å². The van der Waals surface area contributed by atoms with Crippen LogP contribution in [0.15, 0.2) is 42.5 Å². The van der Waals surface area contributed by atoms with Gasteiger partial charge in [-0.15, -0.1) is 5.10 Å². The molecule has 2 aromatic carbocycles. The lowest BCUT2D eigenvalue weighted by atomic mass is 9.98. The van der Waals surface area contributed by atoms with Crippen molar-refractivity contribution in [1.82, 2.24) is 9.78 Å². The molecule has 29 heavy (non-hydrogen) atoms. The maximum absolute atomic E-state index is 13.1. The molecule has 2 heterocycles. The van der Waals surface area contributed by atoms with Crippen molar-refractivity contribution in [2.45, 2.75) is 19.4 Å². The zero-order valence-electron chi connectivity index (χ0n) is 15.1. The maximum atomic E-state index is 13.1. The highest BCUT2D eigenvalue weighted by atomic mass is 19.3. The summed E-state index contributed by atoms with van der Waals surface area (Å²) in [5, 5.41) is 32.1. The number of non-ortho nitro benzene ring substituents is 1. The second-order valence-electron chi connectivity index (χ2n) is 6.70. The van der Waals surface area contributed by atoms with Crippen LogP contribution in [0, 0.1) is 20.9 Å². The Morgan fingerprint density at radius 3 is 2.59 bits per heavy atom. The smallest absolute Gasteiger partial charge is 0.296 e. The number of alkyl halides is 2. The molecule has 3 aromatic rings. The summed E-state index contributed by atoms with van der Waals surface area (Å²) in [6.45, 7) is 0.842. The quantitative estimate of drug-likeness (QED) is 0.306. The number of benzene rings is 2. The standard InChI is InChI=1S/C19H16F2N6O2/c20-16(21)18(23)26-17(22)14-3-1-2-4-15(14)19(24-26)25-8-7-11-5-6-13(27(28)29)9-12(11)10-25/h1-6,9,16,22-23H,7-8,10H2. The minimum absolute atomic E-state index is 0.0144. The molecule has 2 N–H and O–H groups in total. The van der Waals surface area contributed by atoms with Crippen LogP contribution >= 0.6 is 0 Å². The van der Waals surface area contributed by atoms with Crippen LogP contribution in [0.25, 0.3) is 10.8 Å². The molecular weight excluding hydrogens is 382 g/mol. The Labute approximate surface area is 163 Å². The Bertz CT molecular complexity index is 1210. The van der Waals surface area contributed by atoms with Crippen LogP contribution in [0.3, 0.4) is 0 Å². The first-order valence-corrected chi connectivity index (χ1v) is 8.81. The molecule has 148 valence electrons. The highest BCUT2D eigenvalue weighted by Crippen LogP contribution is 2.29. The number of nitrogens with one attached hydrogen (secondary N) is 2. The molecule has 0 spiro atoms. The van der Waals surface area contributed by atoms with E-state index in [1.807, 2.05) is 4.90 Å². The van der Waals surface area contributed by atoms with Crippen molar-refractivity contribution < 1.29 is 13.7 Å². The summed E-state index contributed by atoms with van der Waals surface area (Å²) in [6, 6.07) is 11.5. The van der Waals surface area contributed by atoms with Gasteiger partial charge in [-0.05, 0) is 17.5 Å². The van der Waals surface area contributed by atoms with Crippen molar-refractivity contribution in [3.05, 3.63) is 69.2 Å². The van der Waals surface area contributed by atoms with E-state index in [1.54, 1.807) is 30.3 Å². The molecule has 0 saturated carbocycles. The van der Waals surface area contributed by atoms with Gasteiger partial charge < -0.3 is 4.90 Å². The van der Waals surface area contributed by atoms with Gasteiger partial charge >= 0.3 is 0 Å². The van der Waals surface area contributed by atoms with Gasteiger partial charge in [0.1, 0.15) is 0 Å². The average molecular weight is 398 g/mol. The SMILES string of the molecule is N=C(C(F)F)n1nc(N2CCc3ccc([N+](=O)[O-])cc3C2)c2ccccc2c1=N. The third-order valence-corrected chi connectivity index (χ3v) is 4.98. The summed E-state index contributed by atoms with van der Waals surface area (Å²) in [6.07, 6.45) is -2.46. The van der Waals surface area contributed by atoms with E-state index in [1.165, 1.54) is 12.1 Å². The van der Waals surface area contributed by atoms with Gasteiger partial charge in [-0.1, -0.05) is 30.3 Å². The van der Waals surface area contributed by atoms with Gasteiger partial charge in [0.05, 0.1) is 4.92 Å². The third-order valence-electron chi connectivity index (χ3n) is 4.98. The summed E-state index contributed by atoms with van der Waals surface area (Å²) in [7, 11) is 0. The monoisotopic (exact) mass is 398 g/mol. The Morgan fingerprint density at radius 1 is 1.17 bits per heavy atom. The van der Waals surface area contributed by atoms with Crippen LogP contribution in [-0.2, 0) is 13.0 Å². The van der Waals surface area contributed by atoms with Crippen LogP contribution in [0.2, 0.25) is 0 Å². The van der Waals surface area contributed by atoms with Crippen molar-refractivity contribution >= 4 is 28.1 Å². The van der Waals surface area contributed by atoms with E-state index in [9.17, 15) is 18.9 Å². The largest absolute Gasteiger partial charge is 0.350 e. The van der Waals surface area contributed by atoms with E-state index in [0.29, 0.717) is 40.8 Å². The molecule has 10 heteroatoms. The summed E-state index contributed by atoms with van der Waals surface area (Å²) in [4.78, 5) is 12.5. The third kappa shape index (κ3) is 3.22. The Balaban J connectivity index is 1.85. The number of rotatable bonds is 3. The number of nitrogens with zero attached hydrogens (tertiary/aromatic N) is 4. The molecule has 0 amide bonds. The maximum Gasteiger partial charge on any atom is 0.296 e. The molecule has 0 bridgehead atoms. The van der Waals surface area contributed by atoms with Crippen LogP contribution in [-0.4, -0.2) is 33.5 Å². The normalized spacial score (nSPS) is 13.6. The van der Waals surface area contributed by atoms with E-state index in [2.05, 4.69) is 5.10 Å². The molecule has 0 atom stereocenters. The highest BCUT2D eigenvalue weighted by molar-refractivity contribution is 5.94. The molecular formula is C19H16F2N6O2. The minimum Gasteiger partial charge on any atom is -0.350 e. The topological polar surface area (TPSA) is 112 Å². The number of hydrogen-bond acceptors (Lipinski definition) is 6. The summed E-state index contributed by atoms with van der Waals surface area (Å²) in [5.74, 6) is -0.714. The highest BCUT2D eigenvalue weighted by Gasteiger charge is 2.24. The second kappa shape index (κ2) is 7.04. The fraction of sp³-hybridized carbons (Fsp3) is 0.211. The molecule has 1 aliphatic heterocycles. The van der Waals surface area contributed by atoms with Gasteiger partial charge in [-0.25, -0.2) is 8.78 Å². The van der Waals surface area contributed by atoms with Gasteiger partial charge in [-0.3, -0.25) is 20.9 Å². The number of fused-ring (bicyclic) bond motifs is 2. The van der Waals surface area contributed by atoms with Gasteiger partial charge in [0, 0.05) is 36.0 Å². The molecule has 1 aliphatic rings. The second-order valence-corrected chi connectivity index (χ2v) is 6.70.